The number of hydrogen-bond acceptors (Lipinski definition) is 4. The largest absolute Gasteiger partial charge is 0.505 e. The van der Waals surface area contributed by atoms with Crippen molar-refractivity contribution in [2.75, 3.05) is 0 Å². The van der Waals surface area contributed by atoms with Crippen molar-refractivity contribution in [3.8, 4) is 11.8 Å². The standard InChI is InChI=1S/C12H13N3O2/c13-6-8-2-1-3-10(8)15-12(17)9-4-5-14-7-11(9)16/h4-5,7-8,10,16H,1-3H2,(H,15,17). The van der Waals surface area contributed by atoms with E-state index in [1.807, 2.05) is 0 Å². The molecule has 1 aromatic rings. The molecule has 1 saturated carbocycles. The third kappa shape index (κ3) is 2.36. The Morgan fingerprint density at radius 1 is 1.59 bits per heavy atom. The van der Waals surface area contributed by atoms with Gasteiger partial charge in [-0.1, -0.05) is 0 Å². The first-order valence-electron chi connectivity index (χ1n) is 5.56. The highest BCUT2D eigenvalue weighted by Gasteiger charge is 2.29. The maximum atomic E-state index is 11.9. The van der Waals surface area contributed by atoms with Gasteiger partial charge in [0.25, 0.3) is 5.91 Å². The van der Waals surface area contributed by atoms with Gasteiger partial charge in [-0.3, -0.25) is 9.78 Å². The third-order valence-electron chi connectivity index (χ3n) is 3.04. The lowest BCUT2D eigenvalue weighted by molar-refractivity contribution is 0.0930. The molecule has 17 heavy (non-hydrogen) atoms. The highest BCUT2D eigenvalue weighted by Crippen LogP contribution is 2.25. The van der Waals surface area contributed by atoms with Crippen molar-refractivity contribution in [2.24, 2.45) is 5.92 Å². The third-order valence-corrected chi connectivity index (χ3v) is 3.04. The van der Waals surface area contributed by atoms with E-state index in [1.165, 1.54) is 18.5 Å². The quantitative estimate of drug-likeness (QED) is 0.801. The summed E-state index contributed by atoms with van der Waals surface area (Å²) >= 11 is 0. The summed E-state index contributed by atoms with van der Waals surface area (Å²) in [7, 11) is 0. The number of aromatic hydroxyl groups is 1. The summed E-state index contributed by atoms with van der Waals surface area (Å²) < 4.78 is 0. The molecule has 1 heterocycles. The molecule has 0 bridgehead atoms. The molecule has 88 valence electrons. The van der Waals surface area contributed by atoms with Gasteiger partial charge in [-0.05, 0) is 25.3 Å². The minimum atomic E-state index is -0.350. The number of nitriles is 1. The molecular weight excluding hydrogens is 218 g/mol. The second-order valence-corrected chi connectivity index (χ2v) is 4.14. The molecule has 5 nitrogen and oxygen atoms in total. The fourth-order valence-electron chi connectivity index (χ4n) is 2.11. The Morgan fingerprint density at radius 3 is 3.12 bits per heavy atom. The van der Waals surface area contributed by atoms with Crippen LogP contribution in [0.1, 0.15) is 29.6 Å². The fourth-order valence-corrected chi connectivity index (χ4v) is 2.11. The minimum Gasteiger partial charge on any atom is -0.505 e. The van der Waals surface area contributed by atoms with Crippen LogP contribution in [0.15, 0.2) is 18.5 Å². The van der Waals surface area contributed by atoms with Gasteiger partial charge < -0.3 is 10.4 Å². The van der Waals surface area contributed by atoms with Gasteiger partial charge in [0.15, 0.2) is 0 Å². The van der Waals surface area contributed by atoms with E-state index in [4.69, 9.17) is 5.26 Å². The molecule has 1 fully saturated rings. The van der Waals surface area contributed by atoms with Crippen molar-refractivity contribution in [2.45, 2.75) is 25.3 Å². The van der Waals surface area contributed by atoms with Crippen LogP contribution in [0, 0.1) is 17.2 Å². The lowest BCUT2D eigenvalue weighted by atomic mass is 10.1. The van der Waals surface area contributed by atoms with Gasteiger partial charge in [-0.25, -0.2) is 0 Å². The molecule has 0 aromatic carbocycles. The van der Waals surface area contributed by atoms with Crippen LogP contribution in [-0.4, -0.2) is 22.0 Å². The van der Waals surface area contributed by atoms with Gasteiger partial charge in [-0.15, -0.1) is 0 Å². The highest BCUT2D eigenvalue weighted by atomic mass is 16.3. The molecule has 0 spiro atoms. The number of hydrogen-bond donors (Lipinski definition) is 2. The minimum absolute atomic E-state index is 0.111. The normalized spacial score (nSPS) is 23.0. The Hall–Kier alpha value is -2.09. The van der Waals surface area contributed by atoms with Crippen LogP contribution in [0.25, 0.3) is 0 Å². The van der Waals surface area contributed by atoms with Gasteiger partial charge in [-0.2, -0.15) is 5.26 Å². The van der Waals surface area contributed by atoms with Crippen molar-refractivity contribution in [3.05, 3.63) is 24.0 Å². The zero-order valence-corrected chi connectivity index (χ0v) is 9.26. The van der Waals surface area contributed by atoms with Gasteiger partial charge in [0.05, 0.1) is 23.7 Å². The Morgan fingerprint density at radius 2 is 2.41 bits per heavy atom. The van der Waals surface area contributed by atoms with E-state index < -0.39 is 0 Å². The molecule has 5 heteroatoms. The van der Waals surface area contributed by atoms with Crippen LogP contribution in [0.5, 0.6) is 5.75 Å². The molecule has 1 aliphatic rings. The van der Waals surface area contributed by atoms with E-state index in [9.17, 15) is 9.90 Å². The van der Waals surface area contributed by atoms with Crippen LogP contribution in [0.2, 0.25) is 0 Å². The van der Waals surface area contributed by atoms with E-state index in [2.05, 4.69) is 16.4 Å². The molecule has 0 aliphatic heterocycles. The number of nitrogens with one attached hydrogen (secondary N) is 1. The second kappa shape index (κ2) is 4.83. The van der Waals surface area contributed by atoms with Crippen LogP contribution < -0.4 is 5.32 Å². The maximum absolute atomic E-state index is 11.9. The average molecular weight is 231 g/mol. The average Bonchev–Trinajstić information content (AvgIpc) is 2.76. The Balaban J connectivity index is 2.08. The van der Waals surface area contributed by atoms with Gasteiger partial charge in [0.2, 0.25) is 0 Å². The van der Waals surface area contributed by atoms with Gasteiger partial charge in [0, 0.05) is 12.2 Å². The predicted molar refractivity (Wildman–Crippen MR) is 60.1 cm³/mol. The number of pyridine rings is 1. The molecule has 0 saturated heterocycles. The number of aromatic nitrogens is 1. The first-order valence-corrected chi connectivity index (χ1v) is 5.56. The Kier molecular flexibility index (Phi) is 3.24. The molecule has 1 amide bonds. The van der Waals surface area contributed by atoms with E-state index in [1.54, 1.807) is 0 Å². The van der Waals surface area contributed by atoms with Crippen LogP contribution >= 0.6 is 0 Å². The zero-order valence-electron chi connectivity index (χ0n) is 9.26. The smallest absolute Gasteiger partial charge is 0.255 e. The second-order valence-electron chi connectivity index (χ2n) is 4.14. The van der Waals surface area contributed by atoms with E-state index in [0.717, 1.165) is 19.3 Å². The first kappa shape index (κ1) is 11.4. The van der Waals surface area contributed by atoms with Crippen molar-refractivity contribution in [1.82, 2.24) is 10.3 Å². The number of carbonyl (C=O) groups excluding carboxylic acids is 1. The first-order chi connectivity index (χ1) is 8.22. The Bertz CT molecular complexity index is 467. The predicted octanol–water partition coefficient (Wildman–Crippen LogP) is 1.21. The molecule has 2 N–H and O–H groups in total. The van der Waals surface area contributed by atoms with Crippen molar-refractivity contribution in [1.29, 1.82) is 5.26 Å². The van der Waals surface area contributed by atoms with Crippen molar-refractivity contribution >= 4 is 5.91 Å². The summed E-state index contributed by atoms with van der Waals surface area (Å²) in [5.41, 5.74) is 0.198. The van der Waals surface area contributed by atoms with Crippen molar-refractivity contribution < 1.29 is 9.90 Å². The van der Waals surface area contributed by atoms with E-state index >= 15 is 0 Å². The molecular formula is C12H13N3O2. The molecule has 0 radical (unpaired) electrons. The number of nitrogens with zero attached hydrogens (tertiary/aromatic N) is 2. The lowest BCUT2D eigenvalue weighted by Gasteiger charge is -2.15. The summed E-state index contributed by atoms with van der Waals surface area (Å²) in [6.07, 6.45) is 5.27. The van der Waals surface area contributed by atoms with Crippen LogP contribution in [0.3, 0.4) is 0 Å². The number of carbonyl (C=O) groups is 1. The molecule has 2 atom stereocenters. The molecule has 2 unspecified atom stereocenters. The van der Waals surface area contributed by atoms with Gasteiger partial charge >= 0.3 is 0 Å². The van der Waals surface area contributed by atoms with Gasteiger partial charge in [0.1, 0.15) is 5.75 Å². The Labute approximate surface area is 99.1 Å². The molecule has 2 rings (SSSR count). The summed E-state index contributed by atoms with van der Waals surface area (Å²) in [5.74, 6) is -0.614. The van der Waals surface area contributed by atoms with E-state index in [-0.39, 0.29) is 29.2 Å². The topological polar surface area (TPSA) is 86.0 Å². The van der Waals surface area contributed by atoms with Crippen LogP contribution in [0.4, 0.5) is 0 Å². The zero-order chi connectivity index (χ0) is 12.3. The summed E-state index contributed by atoms with van der Waals surface area (Å²) in [6, 6.07) is 3.54. The van der Waals surface area contributed by atoms with Crippen molar-refractivity contribution in [3.63, 3.8) is 0 Å². The molecule has 1 aliphatic carbocycles. The van der Waals surface area contributed by atoms with Crippen LogP contribution in [-0.2, 0) is 0 Å². The monoisotopic (exact) mass is 231 g/mol. The number of rotatable bonds is 2. The highest BCUT2D eigenvalue weighted by molar-refractivity contribution is 5.96. The maximum Gasteiger partial charge on any atom is 0.255 e. The fraction of sp³-hybridized carbons (Fsp3) is 0.417. The lowest BCUT2D eigenvalue weighted by Crippen LogP contribution is -2.36. The molecule has 1 aromatic heterocycles. The SMILES string of the molecule is N#CC1CCCC1NC(=O)c1ccncc1O. The summed E-state index contributed by atoms with van der Waals surface area (Å²) in [6.45, 7) is 0. The summed E-state index contributed by atoms with van der Waals surface area (Å²) in [5, 5.41) is 21.2. The summed E-state index contributed by atoms with van der Waals surface area (Å²) in [4.78, 5) is 15.6. The van der Waals surface area contributed by atoms with E-state index in [0.29, 0.717) is 0 Å². The number of amides is 1.